The lowest BCUT2D eigenvalue weighted by molar-refractivity contribution is -0.123. The number of carbonyl (C=O) groups is 1. The Hall–Kier alpha value is -1.06. The first kappa shape index (κ1) is 12.0. The molecule has 1 heterocycles. The Kier molecular flexibility index (Phi) is 3.27. The summed E-state index contributed by atoms with van der Waals surface area (Å²) in [5.41, 5.74) is 1.19. The first-order chi connectivity index (χ1) is 8.74. The molecule has 1 amide bonds. The van der Waals surface area contributed by atoms with Gasteiger partial charge < -0.3 is 10.6 Å². The lowest BCUT2D eigenvalue weighted by Crippen LogP contribution is -2.37. The number of hydrogen-bond donors (Lipinski definition) is 2. The van der Waals surface area contributed by atoms with Crippen LogP contribution in [0.25, 0.3) is 0 Å². The van der Waals surface area contributed by atoms with E-state index in [0.717, 1.165) is 31.0 Å². The molecule has 0 bridgehead atoms. The van der Waals surface area contributed by atoms with Gasteiger partial charge in [0, 0.05) is 23.5 Å². The van der Waals surface area contributed by atoms with Crippen molar-refractivity contribution in [1.82, 2.24) is 10.6 Å². The molecule has 2 N–H and O–H groups in total. The molecule has 0 spiro atoms. The molecule has 18 heavy (non-hydrogen) atoms. The molecule has 2 aliphatic rings. The average Bonchev–Trinajstić information content (AvgIpc) is 3.01. The number of nitrogens with one attached hydrogen (secondary N) is 2. The predicted octanol–water partition coefficient (Wildman–Crippen LogP) is 1.92. The summed E-state index contributed by atoms with van der Waals surface area (Å²) in [4.78, 5) is 12.1. The lowest BCUT2D eigenvalue weighted by Gasteiger charge is -2.11. The molecule has 1 saturated carbocycles. The van der Waals surface area contributed by atoms with Gasteiger partial charge in [0.2, 0.25) is 5.91 Å². The second kappa shape index (κ2) is 4.90. The Morgan fingerprint density at radius 3 is 3.06 bits per heavy atom. The molecule has 0 radical (unpaired) electrons. The van der Waals surface area contributed by atoms with E-state index in [2.05, 4.69) is 16.7 Å². The minimum Gasteiger partial charge on any atom is -0.352 e. The fourth-order valence-electron chi connectivity index (χ4n) is 2.68. The standard InChI is InChI=1S/C14H17ClN2O/c15-10-3-1-2-9(6-10)12-7-13(12)14(18)17-11-4-5-16-8-11/h1-3,6,11-13,16H,4-5,7-8H2,(H,17,18). The van der Waals surface area contributed by atoms with Crippen LogP contribution >= 0.6 is 11.6 Å². The Balaban J connectivity index is 1.58. The third-order valence-corrected chi connectivity index (χ3v) is 4.05. The first-order valence-corrected chi connectivity index (χ1v) is 6.88. The van der Waals surface area contributed by atoms with E-state index in [1.54, 1.807) is 0 Å². The van der Waals surface area contributed by atoms with Gasteiger partial charge in [-0.2, -0.15) is 0 Å². The number of hydrogen-bond acceptors (Lipinski definition) is 2. The van der Waals surface area contributed by atoms with Gasteiger partial charge in [-0.05, 0) is 43.0 Å². The third-order valence-electron chi connectivity index (χ3n) is 3.81. The van der Waals surface area contributed by atoms with Gasteiger partial charge in [0.1, 0.15) is 0 Å². The maximum Gasteiger partial charge on any atom is 0.224 e. The van der Waals surface area contributed by atoms with Crippen LogP contribution in [0.2, 0.25) is 5.02 Å². The van der Waals surface area contributed by atoms with Crippen LogP contribution in [-0.4, -0.2) is 25.0 Å². The van der Waals surface area contributed by atoms with Gasteiger partial charge >= 0.3 is 0 Å². The second-order valence-corrected chi connectivity index (χ2v) is 5.64. The van der Waals surface area contributed by atoms with E-state index in [0.29, 0.717) is 12.0 Å². The van der Waals surface area contributed by atoms with Gasteiger partial charge in [0.05, 0.1) is 0 Å². The van der Waals surface area contributed by atoms with E-state index in [4.69, 9.17) is 11.6 Å². The summed E-state index contributed by atoms with van der Waals surface area (Å²) in [6.07, 6.45) is 1.99. The predicted molar refractivity (Wildman–Crippen MR) is 71.7 cm³/mol. The zero-order valence-corrected chi connectivity index (χ0v) is 10.9. The summed E-state index contributed by atoms with van der Waals surface area (Å²) in [7, 11) is 0. The van der Waals surface area contributed by atoms with Crippen LogP contribution in [-0.2, 0) is 4.79 Å². The second-order valence-electron chi connectivity index (χ2n) is 5.20. The van der Waals surface area contributed by atoms with Crippen LogP contribution in [0.1, 0.15) is 24.3 Å². The minimum atomic E-state index is 0.143. The Labute approximate surface area is 112 Å². The summed E-state index contributed by atoms with van der Waals surface area (Å²) >= 11 is 5.97. The largest absolute Gasteiger partial charge is 0.352 e. The molecular formula is C14H17ClN2O. The average molecular weight is 265 g/mol. The highest BCUT2D eigenvalue weighted by molar-refractivity contribution is 6.30. The third kappa shape index (κ3) is 2.52. The van der Waals surface area contributed by atoms with Gasteiger partial charge in [-0.25, -0.2) is 0 Å². The minimum absolute atomic E-state index is 0.143. The molecule has 4 heteroatoms. The maximum atomic E-state index is 12.1. The van der Waals surface area contributed by atoms with Crippen molar-refractivity contribution < 1.29 is 4.79 Å². The SMILES string of the molecule is O=C(NC1CCNC1)C1CC1c1cccc(Cl)c1. The van der Waals surface area contributed by atoms with Crippen molar-refractivity contribution in [3.63, 3.8) is 0 Å². The fraction of sp³-hybridized carbons (Fsp3) is 0.500. The van der Waals surface area contributed by atoms with Crippen LogP contribution in [0.3, 0.4) is 0 Å². The normalized spacial score (nSPS) is 30.2. The lowest BCUT2D eigenvalue weighted by atomic mass is 10.1. The Bertz CT molecular complexity index is 457. The van der Waals surface area contributed by atoms with E-state index >= 15 is 0 Å². The molecular weight excluding hydrogens is 248 g/mol. The molecule has 1 aliphatic carbocycles. The quantitative estimate of drug-likeness (QED) is 0.876. The van der Waals surface area contributed by atoms with E-state index in [1.807, 2.05) is 18.2 Å². The first-order valence-electron chi connectivity index (χ1n) is 6.50. The highest BCUT2D eigenvalue weighted by Crippen LogP contribution is 2.48. The Morgan fingerprint density at radius 2 is 2.33 bits per heavy atom. The van der Waals surface area contributed by atoms with Crippen molar-refractivity contribution in [3.8, 4) is 0 Å². The van der Waals surface area contributed by atoms with E-state index in [1.165, 1.54) is 5.56 Å². The highest BCUT2D eigenvalue weighted by Gasteiger charge is 2.44. The van der Waals surface area contributed by atoms with Gasteiger partial charge in [0.15, 0.2) is 0 Å². The number of carbonyl (C=O) groups excluding carboxylic acids is 1. The van der Waals surface area contributed by atoms with Crippen LogP contribution in [0.4, 0.5) is 0 Å². The number of rotatable bonds is 3. The molecule has 1 aromatic rings. The molecule has 3 nitrogen and oxygen atoms in total. The monoisotopic (exact) mass is 264 g/mol. The van der Waals surface area contributed by atoms with Crippen molar-refractivity contribution in [2.75, 3.05) is 13.1 Å². The van der Waals surface area contributed by atoms with Gasteiger partial charge in [-0.3, -0.25) is 4.79 Å². The maximum absolute atomic E-state index is 12.1. The van der Waals surface area contributed by atoms with E-state index in [-0.39, 0.29) is 11.8 Å². The molecule has 3 rings (SSSR count). The van der Waals surface area contributed by atoms with Crippen LogP contribution in [0, 0.1) is 5.92 Å². The van der Waals surface area contributed by atoms with Crippen molar-refractivity contribution in [1.29, 1.82) is 0 Å². The number of amides is 1. The summed E-state index contributed by atoms with van der Waals surface area (Å²) in [5, 5.41) is 7.12. The summed E-state index contributed by atoms with van der Waals surface area (Å²) < 4.78 is 0. The topological polar surface area (TPSA) is 41.1 Å². The fourth-order valence-corrected chi connectivity index (χ4v) is 2.88. The zero-order chi connectivity index (χ0) is 12.5. The molecule has 3 atom stereocenters. The van der Waals surface area contributed by atoms with Gasteiger partial charge in [0.25, 0.3) is 0 Å². The molecule has 1 aromatic carbocycles. The van der Waals surface area contributed by atoms with Crippen molar-refractivity contribution in [3.05, 3.63) is 34.9 Å². The Morgan fingerprint density at radius 1 is 1.44 bits per heavy atom. The van der Waals surface area contributed by atoms with Crippen molar-refractivity contribution in [2.24, 2.45) is 5.92 Å². The molecule has 96 valence electrons. The van der Waals surface area contributed by atoms with Crippen LogP contribution in [0.5, 0.6) is 0 Å². The van der Waals surface area contributed by atoms with E-state index < -0.39 is 0 Å². The van der Waals surface area contributed by atoms with E-state index in [9.17, 15) is 4.79 Å². The summed E-state index contributed by atoms with van der Waals surface area (Å²) in [5.74, 6) is 0.704. The molecule has 1 aliphatic heterocycles. The summed E-state index contributed by atoms with van der Waals surface area (Å²) in [6.45, 7) is 1.91. The molecule has 1 saturated heterocycles. The highest BCUT2D eigenvalue weighted by atomic mass is 35.5. The summed E-state index contributed by atoms with van der Waals surface area (Å²) in [6, 6.07) is 8.16. The van der Waals surface area contributed by atoms with Crippen LogP contribution in [0.15, 0.2) is 24.3 Å². The van der Waals surface area contributed by atoms with Crippen molar-refractivity contribution >= 4 is 17.5 Å². The molecule has 2 fully saturated rings. The smallest absolute Gasteiger partial charge is 0.224 e. The van der Waals surface area contributed by atoms with Gasteiger partial charge in [-0.1, -0.05) is 23.7 Å². The number of halogens is 1. The molecule has 0 aromatic heterocycles. The van der Waals surface area contributed by atoms with Crippen LogP contribution < -0.4 is 10.6 Å². The number of benzene rings is 1. The van der Waals surface area contributed by atoms with Gasteiger partial charge in [-0.15, -0.1) is 0 Å². The molecule has 3 unspecified atom stereocenters. The van der Waals surface area contributed by atoms with Crippen molar-refractivity contribution in [2.45, 2.75) is 24.8 Å². The zero-order valence-electron chi connectivity index (χ0n) is 10.2.